The molecule has 0 saturated carbocycles. The van der Waals surface area contributed by atoms with Gasteiger partial charge in [-0.1, -0.05) is 112 Å². The highest BCUT2D eigenvalue weighted by Gasteiger charge is 2.24. The van der Waals surface area contributed by atoms with Crippen molar-refractivity contribution < 1.29 is 9.53 Å². The van der Waals surface area contributed by atoms with Crippen molar-refractivity contribution in [2.24, 2.45) is 0 Å². The van der Waals surface area contributed by atoms with E-state index in [1.54, 1.807) is 0 Å². The van der Waals surface area contributed by atoms with E-state index in [2.05, 4.69) is 141 Å². The molecule has 0 aromatic heterocycles. The molecule has 0 amide bonds. The quantitative estimate of drug-likeness (QED) is 0.186. The van der Waals surface area contributed by atoms with Gasteiger partial charge in [-0.25, -0.2) is 0 Å². The lowest BCUT2D eigenvalue weighted by Gasteiger charge is -2.28. The average Bonchev–Trinajstić information content (AvgIpc) is 3.09. The van der Waals surface area contributed by atoms with Crippen LogP contribution in [0, 0.1) is 0 Å². The van der Waals surface area contributed by atoms with Crippen molar-refractivity contribution in [1.29, 1.82) is 0 Å². The Morgan fingerprint density at radius 1 is 0.617 bits per heavy atom. The lowest BCUT2D eigenvalue weighted by atomic mass is 9.87. The number of allylic oxidation sites excluding steroid dienone is 1. The summed E-state index contributed by atoms with van der Waals surface area (Å²) < 4.78 is 6.00. The molecule has 0 radical (unpaired) electrons. The van der Waals surface area contributed by atoms with E-state index in [0.717, 1.165) is 55.3 Å². The standard InChI is InChI=1S/C44H35NO2/c1-44(2,3)36-18-21-37(22-19-36)45(41-14-8-12-30-9-6-7-13-39(30)41)38-20-17-33-23-29(15-16-34(33)26-38)24-42-43(46)40-27-32-11-5-4-10-31(32)25-35(40)28-47-42/h4-27H,28H2,1-3H3. The van der Waals surface area contributed by atoms with Gasteiger partial charge in [0.15, 0.2) is 5.76 Å². The number of benzene rings is 7. The van der Waals surface area contributed by atoms with Gasteiger partial charge in [0.05, 0.1) is 5.69 Å². The van der Waals surface area contributed by atoms with Gasteiger partial charge in [-0.2, -0.15) is 0 Å². The van der Waals surface area contributed by atoms with Crippen molar-refractivity contribution in [1.82, 2.24) is 0 Å². The van der Waals surface area contributed by atoms with E-state index in [1.165, 1.54) is 16.3 Å². The monoisotopic (exact) mass is 609 g/mol. The van der Waals surface area contributed by atoms with Crippen molar-refractivity contribution in [3.05, 3.63) is 168 Å². The van der Waals surface area contributed by atoms with Gasteiger partial charge in [-0.05, 0) is 98.1 Å². The van der Waals surface area contributed by atoms with Crippen LogP contribution >= 0.6 is 0 Å². The summed E-state index contributed by atoms with van der Waals surface area (Å²) in [6.07, 6.45) is 1.87. The lowest BCUT2D eigenvalue weighted by Crippen LogP contribution is -2.16. The average molecular weight is 610 g/mol. The van der Waals surface area contributed by atoms with Crippen LogP contribution in [0.3, 0.4) is 0 Å². The second-order valence-corrected chi connectivity index (χ2v) is 13.4. The van der Waals surface area contributed by atoms with Gasteiger partial charge in [0.1, 0.15) is 6.61 Å². The first-order valence-corrected chi connectivity index (χ1v) is 16.1. The van der Waals surface area contributed by atoms with Gasteiger partial charge < -0.3 is 9.64 Å². The molecule has 8 rings (SSSR count). The number of hydrogen-bond acceptors (Lipinski definition) is 3. The fraction of sp³-hybridized carbons (Fsp3) is 0.114. The molecule has 3 nitrogen and oxygen atoms in total. The SMILES string of the molecule is CC(C)(C)c1ccc(N(c2ccc3cc(C=C4OCc5cc6ccccc6cc5C4=O)ccc3c2)c2cccc3ccccc23)cc1. The maximum Gasteiger partial charge on any atom is 0.228 e. The van der Waals surface area contributed by atoms with Gasteiger partial charge in [0, 0.05) is 27.9 Å². The largest absolute Gasteiger partial charge is 0.485 e. The zero-order valence-electron chi connectivity index (χ0n) is 26.8. The molecule has 0 atom stereocenters. The summed E-state index contributed by atoms with van der Waals surface area (Å²) >= 11 is 0. The van der Waals surface area contributed by atoms with E-state index < -0.39 is 0 Å². The van der Waals surface area contributed by atoms with Crippen molar-refractivity contribution in [2.45, 2.75) is 32.8 Å². The first kappa shape index (κ1) is 28.8. The van der Waals surface area contributed by atoms with E-state index >= 15 is 0 Å². The molecular weight excluding hydrogens is 574 g/mol. The summed E-state index contributed by atoms with van der Waals surface area (Å²) in [4.78, 5) is 15.8. The Kier molecular flexibility index (Phi) is 6.91. The summed E-state index contributed by atoms with van der Waals surface area (Å²) in [5, 5.41) is 6.79. The third-order valence-electron chi connectivity index (χ3n) is 9.23. The Bertz CT molecular complexity index is 2350. The molecule has 0 fully saturated rings. The van der Waals surface area contributed by atoms with Crippen molar-refractivity contribution in [3.63, 3.8) is 0 Å². The van der Waals surface area contributed by atoms with E-state index in [0.29, 0.717) is 12.4 Å². The van der Waals surface area contributed by atoms with Crippen molar-refractivity contribution in [2.75, 3.05) is 4.90 Å². The minimum Gasteiger partial charge on any atom is -0.485 e. The minimum atomic E-state index is -0.0735. The van der Waals surface area contributed by atoms with Crippen LogP contribution in [0.25, 0.3) is 38.4 Å². The highest BCUT2D eigenvalue weighted by molar-refractivity contribution is 6.13. The van der Waals surface area contributed by atoms with Crippen LogP contribution in [0.2, 0.25) is 0 Å². The van der Waals surface area contributed by atoms with Crippen LogP contribution in [0.4, 0.5) is 17.1 Å². The highest BCUT2D eigenvalue weighted by atomic mass is 16.5. The van der Waals surface area contributed by atoms with Crippen LogP contribution in [0.1, 0.15) is 47.8 Å². The number of carbonyl (C=O) groups is 1. The van der Waals surface area contributed by atoms with Crippen molar-refractivity contribution in [3.8, 4) is 0 Å². The van der Waals surface area contributed by atoms with Gasteiger partial charge in [-0.15, -0.1) is 0 Å². The summed E-state index contributed by atoms with van der Waals surface area (Å²) in [6.45, 7) is 7.12. The molecule has 47 heavy (non-hydrogen) atoms. The van der Waals surface area contributed by atoms with E-state index in [9.17, 15) is 4.79 Å². The Balaban J connectivity index is 1.17. The number of Topliss-reactive ketones (excluding diaryl/α,β-unsaturated/α-hetero) is 1. The van der Waals surface area contributed by atoms with E-state index in [4.69, 9.17) is 4.74 Å². The summed E-state index contributed by atoms with van der Waals surface area (Å²) in [5.41, 5.74) is 7.28. The van der Waals surface area contributed by atoms with E-state index in [1.807, 2.05) is 30.3 Å². The van der Waals surface area contributed by atoms with E-state index in [-0.39, 0.29) is 11.2 Å². The first-order valence-electron chi connectivity index (χ1n) is 16.1. The number of rotatable bonds is 4. The first-order chi connectivity index (χ1) is 22.8. The summed E-state index contributed by atoms with van der Waals surface area (Å²) in [7, 11) is 0. The number of carbonyl (C=O) groups excluding carboxylic acids is 1. The maximum atomic E-state index is 13.5. The Morgan fingerprint density at radius 2 is 1.26 bits per heavy atom. The number of nitrogens with zero attached hydrogens (tertiary/aromatic N) is 1. The molecule has 0 N–H and O–H groups in total. The fourth-order valence-corrected chi connectivity index (χ4v) is 6.65. The topological polar surface area (TPSA) is 29.5 Å². The predicted octanol–water partition coefficient (Wildman–Crippen LogP) is 11.7. The predicted molar refractivity (Wildman–Crippen MR) is 196 cm³/mol. The lowest BCUT2D eigenvalue weighted by molar-refractivity contribution is 0.0871. The normalized spacial score (nSPS) is 14.0. The minimum absolute atomic E-state index is 0.0732. The molecule has 0 spiro atoms. The molecule has 0 saturated heterocycles. The van der Waals surface area contributed by atoms with Crippen LogP contribution in [-0.4, -0.2) is 5.78 Å². The van der Waals surface area contributed by atoms with Crippen LogP contribution in [0.5, 0.6) is 0 Å². The summed E-state index contributed by atoms with van der Waals surface area (Å²) in [6, 6.07) is 49.1. The number of hydrogen-bond donors (Lipinski definition) is 0. The zero-order valence-corrected chi connectivity index (χ0v) is 26.8. The number of fused-ring (bicyclic) bond motifs is 4. The van der Waals surface area contributed by atoms with Crippen LogP contribution in [0.15, 0.2) is 145 Å². The molecule has 1 heterocycles. The maximum absolute atomic E-state index is 13.5. The molecule has 7 aromatic rings. The molecule has 1 aliphatic heterocycles. The molecule has 0 aliphatic carbocycles. The third kappa shape index (κ3) is 5.34. The number of anilines is 3. The van der Waals surface area contributed by atoms with Gasteiger partial charge >= 0.3 is 0 Å². The van der Waals surface area contributed by atoms with Gasteiger partial charge in [0.2, 0.25) is 5.78 Å². The molecule has 0 unspecified atom stereocenters. The number of ether oxygens (including phenoxy) is 1. The molecule has 0 bridgehead atoms. The highest BCUT2D eigenvalue weighted by Crippen LogP contribution is 2.40. The second kappa shape index (κ2) is 11.3. The molecule has 1 aliphatic rings. The summed E-state index contributed by atoms with van der Waals surface area (Å²) in [5.74, 6) is 0.306. The molecule has 3 heteroatoms. The Morgan fingerprint density at radius 3 is 2.04 bits per heavy atom. The third-order valence-corrected chi connectivity index (χ3v) is 9.23. The van der Waals surface area contributed by atoms with Crippen LogP contribution in [-0.2, 0) is 16.8 Å². The molecular formula is C44H35NO2. The molecule has 7 aromatic carbocycles. The van der Waals surface area contributed by atoms with Crippen LogP contribution < -0.4 is 4.90 Å². The smallest absolute Gasteiger partial charge is 0.228 e. The zero-order chi connectivity index (χ0) is 32.1. The Hall–Kier alpha value is -5.67. The van der Waals surface area contributed by atoms with Gasteiger partial charge in [-0.3, -0.25) is 4.79 Å². The fourth-order valence-electron chi connectivity index (χ4n) is 6.65. The Labute approximate surface area is 275 Å². The molecule has 228 valence electrons. The van der Waals surface area contributed by atoms with Crippen molar-refractivity contribution >= 4 is 61.2 Å². The second-order valence-electron chi connectivity index (χ2n) is 13.4. The van der Waals surface area contributed by atoms with Gasteiger partial charge in [0.25, 0.3) is 0 Å². The number of ketones is 1.